The number of methoxy groups -OCH3 is 1. The molecule has 3 heterocycles. The molecule has 1 amide bonds. The smallest absolute Gasteiger partial charge is 0.312 e. The van der Waals surface area contributed by atoms with Crippen molar-refractivity contribution in [3.63, 3.8) is 0 Å². The molecule has 2 aliphatic rings. The van der Waals surface area contributed by atoms with Gasteiger partial charge in [-0.05, 0) is 65.5 Å². The summed E-state index contributed by atoms with van der Waals surface area (Å²) in [7, 11) is 5.45. The van der Waals surface area contributed by atoms with Crippen molar-refractivity contribution in [3.05, 3.63) is 75.7 Å². The minimum Gasteiger partial charge on any atom is -0.505 e. The SMILES string of the molecule is CO[C@H]1/C=C/O[C@@]2(C)Oc3c(C)c(=O)c4c(O)c(c5oc6cc(OCCCCN(C)C)ccc6nc5c4c3C2=O)NC(=O)/C(C)=C\C=C\[C@H](C)[C@H](O)[C@@H](C)[C@@H](O)[C@@H](C)[C@H](OC(C)=O)[C@@H]1C. The monoisotopic (exact) mass is 899 g/mol. The Balaban J connectivity index is 1.55. The molecular weight excluding hydrogens is 839 g/mol. The number of carbonyl (C=O) groups excluding carboxylic acids is 3. The molecule has 0 radical (unpaired) electrons. The highest BCUT2D eigenvalue weighted by atomic mass is 16.7. The number of amides is 1. The number of unbranched alkanes of at least 4 members (excludes halogenated alkanes) is 1. The number of benzene rings is 3. The lowest BCUT2D eigenvalue weighted by Gasteiger charge is -2.38. The van der Waals surface area contributed by atoms with Crippen molar-refractivity contribution >= 4 is 56.3 Å². The van der Waals surface area contributed by atoms with Crippen molar-refractivity contribution in [3.8, 4) is 17.2 Å². The van der Waals surface area contributed by atoms with Crippen LogP contribution in [-0.2, 0) is 23.8 Å². The highest BCUT2D eigenvalue weighted by molar-refractivity contribution is 6.26. The van der Waals surface area contributed by atoms with Crippen LogP contribution in [0.3, 0.4) is 0 Å². The number of nitrogens with one attached hydrogen (secondary N) is 1. The first kappa shape index (κ1) is 48.6. The fourth-order valence-corrected chi connectivity index (χ4v) is 8.60. The number of aromatic hydroxyl groups is 1. The lowest BCUT2D eigenvalue weighted by atomic mass is 9.78. The number of anilines is 1. The van der Waals surface area contributed by atoms with Gasteiger partial charge in [0.1, 0.15) is 34.3 Å². The first-order valence-corrected chi connectivity index (χ1v) is 21.9. The predicted molar refractivity (Wildman–Crippen MR) is 245 cm³/mol. The summed E-state index contributed by atoms with van der Waals surface area (Å²) in [6, 6.07) is 5.03. The number of aliphatic hydroxyl groups excluding tert-OH is 2. The van der Waals surface area contributed by atoms with E-state index in [-0.39, 0.29) is 55.6 Å². The van der Waals surface area contributed by atoms with Crippen LogP contribution in [0.1, 0.15) is 77.2 Å². The fourth-order valence-electron chi connectivity index (χ4n) is 8.60. The van der Waals surface area contributed by atoms with Crippen molar-refractivity contribution < 1.29 is 57.8 Å². The van der Waals surface area contributed by atoms with E-state index in [1.54, 1.807) is 58.0 Å². The number of allylic oxidation sites excluding steroid dienone is 2. The normalized spacial score (nSPS) is 28.5. The molecule has 1 aromatic heterocycles. The van der Waals surface area contributed by atoms with E-state index in [2.05, 4.69) is 10.2 Å². The second kappa shape index (κ2) is 19.7. The van der Waals surface area contributed by atoms with Gasteiger partial charge in [0.05, 0.1) is 42.1 Å². The molecule has 350 valence electrons. The van der Waals surface area contributed by atoms with Crippen LogP contribution in [0.2, 0.25) is 0 Å². The first-order valence-electron chi connectivity index (χ1n) is 21.9. The Labute approximate surface area is 377 Å². The van der Waals surface area contributed by atoms with Gasteiger partial charge in [0.25, 0.3) is 11.7 Å². The zero-order valence-electron chi connectivity index (χ0n) is 38.9. The number of aliphatic hydroxyl groups is 2. The molecule has 4 bridgehead atoms. The number of nitrogens with zero attached hydrogens (tertiary/aromatic N) is 2. The van der Waals surface area contributed by atoms with Gasteiger partial charge in [-0.1, -0.05) is 45.9 Å². The van der Waals surface area contributed by atoms with Crippen LogP contribution < -0.4 is 20.2 Å². The molecule has 0 saturated carbocycles. The number of phenolic OH excluding ortho intramolecular Hbond substituents is 1. The van der Waals surface area contributed by atoms with Gasteiger partial charge in [0.15, 0.2) is 22.3 Å². The Kier molecular flexibility index (Phi) is 14.8. The van der Waals surface area contributed by atoms with Crippen LogP contribution in [0, 0.1) is 30.6 Å². The van der Waals surface area contributed by atoms with E-state index in [1.807, 2.05) is 14.1 Å². The van der Waals surface area contributed by atoms with E-state index in [0.29, 0.717) is 17.9 Å². The van der Waals surface area contributed by atoms with Gasteiger partial charge in [-0.2, -0.15) is 0 Å². The quantitative estimate of drug-likeness (QED) is 0.0475. The second-order valence-electron chi connectivity index (χ2n) is 17.7. The Hall–Kier alpha value is -5.81. The highest BCUT2D eigenvalue weighted by Gasteiger charge is 2.49. The van der Waals surface area contributed by atoms with Crippen molar-refractivity contribution in [1.82, 2.24) is 9.88 Å². The van der Waals surface area contributed by atoms with Crippen LogP contribution in [0.15, 0.2) is 63.6 Å². The van der Waals surface area contributed by atoms with E-state index in [1.165, 1.54) is 53.2 Å². The fraction of sp³-hybridized carbons (Fsp3) is 0.490. The summed E-state index contributed by atoms with van der Waals surface area (Å²) in [5.41, 5.74) is -0.478. The van der Waals surface area contributed by atoms with Crippen molar-refractivity contribution in [2.45, 2.75) is 98.4 Å². The molecule has 16 heteroatoms. The molecule has 0 spiro atoms. The van der Waals surface area contributed by atoms with E-state index in [9.17, 15) is 34.5 Å². The summed E-state index contributed by atoms with van der Waals surface area (Å²) >= 11 is 0. The third-order valence-electron chi connectivity index (χ3n) is 12.6. The minimum absolute atomic E-state index is 0.00777. The van der Waals surface area contributed by atoms with E-state index < -0.39 is 82.7 Å². The van der Waals surface area contributed by atoms with Gasteiger partial charge in [-0.25, -0.2) is 4.98 Å². The van der Waals surface area contributed by atoms with Gasteiger partial charge in [-0.15, -0.1) is 0 Å². The summed E-state index contributed by atoms with van der Waals surface area (Å²) in [6.45, 7) is 13.9. The Morgan fingerprint density at radius 3 is 2.38 bits per heavy atom. The van der Waals surface area contributed by atoms with E-state index >= 15 is 0 Å². The molecule has 6 rings (SSSR count). The van der Waals surface area contributed by atoms with Crippen LogP contribution in [-0.4, -0.2) is 107 Å². The maximum Gasteiger partial charge on any atom is 0.312 e. The Morgan fingerprint density at radius 2 is 1.71 bits per heavy atom. The maximum atomic E-state index is 14.7. The van der Waals surface area contributed by atoms with E-state index in [4.69, 9.17) is 33.1 Å². The lowest BCUT2D eigenvalue weighted by molar-refractivity contribution is -0.160. The van der Waals surface area contributed by atoms with Gasteiger partial charge < -0.3 is 53.6 Å². The summed E-state index contributed by atoms with van der Waals surface area (Å²) in [5.74, 6) is -6.76. The van der Waals surface area contributed by atoms with Crippen LogP contribution in [0.4, 0.5) is 5.69 Å². The number of aromatic nitrogens is 1. The maximum absolute atomic E-state index is 14.7. The molecule has 3 aromatic carbocycles. The standard InChI is InChI=1S/C49H61N3O13/c1-24-15-14-16-25(2)48(59)51-39-43(57)36-35(38-46(39)64-34-23-31(17-18-32(34)50-38)61-21-13-12-20-52(9)10)37-45(29(6)42(36)56)65-49(8,47(37)58)62-22-19-33(60-11)26(3)44(63-30(7)53)28(5)41(55)27(4)40(24)54/h14-19,22-24,26-28,33,40-41,44,54-55,57H,12-13,20-21H2,1-11H3,(H,51,59)/b15-14+,22-19+,25-16-/t24-,26+,27+,28+,33-,40-,41+,44+,49-/m0/s1. The van der Waals surface area contributed by atoms with Gasteiger partial charge in [0, 0.05) is 67.2 Å². The number of hydrogen-bond acceptors (Lipinski definition) is 15. The molecule has 4 N–H and O–H groups in total. The molecular formula is C49H61N3O13. The molecule has 0 fully saturated rings. The largest absolute Gasteiger partial charge is 0.505 e. The number of rotatable bonds is 8. The number of esters is 1. The zero-order chi connectivity index (χ0) is 47.7. The molecule has 2 aliphatic heterocycles. The van der Waals surface area contributed by atoms with Gasteiger partial charge in [-0.3, -0.25) is 19.2 Å². The molecule has 0 unspecified atom stereocenters. The Bertz CT molecular complexity index is 2630. The third kappa shape index (κ3) is 9.76. The number of carbonyl (C=O) groups is 3. The third-order valence-corrected chi connectivity index (χ3v) is 12.6. The second-order valence-corrected chi connectivity index (χ2v) is 17.7. The van der Waals surface area contributed by atoms with Gasteiger partial charge in [0.2, 0.25) is 0 Å². The Morgan fingerprint density at radius 1 is 0.985 bits per heavy atom. The number of Topliss-reactive ketones (excluding diaryl/α,β-unsaturated/α-hetero) is 1. The zero-order valence-corrected chi connectivity index (χ0v) is 38.9. The van der Waals surface area contributed by atoms with Crippen LogP contribution in [0.25, 0.3) is 33.0 Å². The summed E-state index contributed by atoms with van der Waals surface area (Å²) in [4.78, 5) is 62.4. The van der Waals surface area contributed by atoms with Crippen molar-refractivity contribution in [1.29, 1.82) is 0 Å². The van der Waals surface area contributed by atoms with Crippen molar-refractivity contribution in [2.75, 3.05) is 39.7 Å². The highest BCUT2D eigenvalue weighted by Crippen LogP contribution is 2.48. The van der Waals surface area contributed by atoms with Crippen LogP contribution in [0.5, 0.6) is 17.2 Å². The average Bonchev–Trinajstić information content (AvgIpc) is 3.53. The molecule has 0 aliphatic carbocycles. The number of hydrogen-bond donors (Lipinski definition) is 4. The number of phenols is 1. The van der Waals surface area contributed by atoms with Gasteiger partial charge >= 0.3 is 11.8 Å². The number of ether oxygens (including phenoxy) is 5. The number of ketones is 1. The summed E-state index contributed by atoms with van der Waals surface area (Å²) in [5, 5.41) is 37.5. The molecule has 4 aromatic rings. The molecule has 16 nitrogen and oxygen atoms in total. The summed E-state index contributed by atoms with van der Waals surface area (Å²) < 4.78 is 36.4. The lowest BCUT2D eigenvalue weighted by Crippen LogP contribution is -2.46. The molecule has 9 atom stereocenters. The number of fused-ring (bicyclic) bond motifs is 2. The van der Waals surface area contributed by atoms with Crippen molar-refractivity contribution in [2.24, 2.45) is 23.7 Å². The predicted octanol–water partition coefficient (Wildman–Crippen LogP) is 6.72. The first-order chi connectivity index (χ1) is 30.7. The molecule has 65 heavy (non-hydrogen) atoms. The molecule has 0 saturated heterocycles. The van der Waals surface area contributed by atoms with E-state index in [0.717, 1.165) is 19.4 Å². The summed E-state index contributed by atoms with van der Waals surface area (Å²) in [6.07, 6.45) is 5.35. The minimum atomic E-state index is -2.04. The topological polar surface area (TPSA) is 216 Å². The average molecular weight is 900 g/mol. The van der Waals surface area contributed by atoms with Crippen LogP contribution >= 0.6 is 0 Å².